The average Bonchev–Trinajstić information content (AvgIpc) is 3.30. The second kappa shape index (κ2) is 8.75. The second-order valence-corrected chi connectivity index (χ2v) is 7.21. The molecule has 162 valence electrons. The quantitative estimate of drug-likeness (QED) is 0.595. The first-order chi connectivity index (χ1) is 14.9. The molecule has 7 nitrogen and oxygen atoms in total. The van der Waals surface area contributed by atoms with Gasteiger partial charge in [0.25, 0.3) is 0 Å². The molecule has 0 aliphatic carbocycles. The molecule has 3 heterocycles. The normalized spacial score (nSPS) is 14.5. The van der Waals surface area contributed by atoms with Crippen LogP contribution < -0.4 is 4.90 Å². The number of benzene rings is 1. The fraction of sp³-hybridized carbons (Fsp3) is 0.333. The van der Waals surface area contributed by atoms with Gasteiger partial charge in [-0.2, -0.15) is 13.2 Å². The van der Waals surface area contributed by atoms with Crippen LogP contribution in [0.5, 0.6) is 0 Å². The predicted molar refractivity (Wildman–Crippen MR) is 106 cm³/mol. The van der Waals surface area contributed by atoms with Gasteiger partial charge >= 0.3 is 18.1 Å². The monoisotopic (exact) mass is 431 g/mol. The Hall–Kier alpha value is -3.43. The number of carbonyl (C=O) groups is 1. The number of piperidine rings is 1. The van der Waals surface area contributed by atoms with E-state index in [1.807, 2.05) is 11.0 Å². The van der Waals surface area contributed by atoms with E-state index in [-0.39, 0.29) is 18.5 Å². The molecule has 1 aliphatic heterocycles. The molecule has 0 radical (unpaired) electrons. The third-order valence-corrected chi connectivity index (χ3v) is 4.99. The zero-order valence-electron chi connectivity index (χ0n) is 16.5. The van der Waals surface area contributed by atoms with Gasteiger partial charge in [0.2, 0.25) is 5.89 Å². The molecule has 0 atom stereocenters. The first-order valence-electron chi connectivity index (χ1n) is 9.89. The zero-order chi connectivity index (χ0) is 21.8. The summed E-state index contributed by atoms with van der Waals surface area (Å²) < 4.78 is 42.7. The number of alkyl halides is 3. The van der Waals surface area contributed by atoms with Crippen molar-refractivity contribution in [1.29, 1.82) is 0 Å². The van der Waals surface area contributed by atoms with E-state index >= 15 is 0 Å². The number of likely N-dealkylation sites (tertiary alicyclic amines) is 1. The Labute approximate surface area is 176 Å². The summed E-state index contributed by atoms with van der Waals surface area (Å²) in [4.78, 5) is 20.9. The molecule has 1 saturated heterocycles. The van der Waals surface area contributed by atoms with Crippen molar-refractivity contribution >= 4 is 11.8 Å². The van der Waals surface area contributed by atoms with Crippen LogP contribution in [0.15, 0.2) is 53.1 Å². The van der Waals surface area contributed by atoms with Crippen LogP contribution in [-0.4, -0.2) is 39.2 Å². The van der Waals surface area contributed by atoms with E-state index in [1.165, 1.54) is 0 Å². The van der Waals surface area contributed by atoms with Crippen molar-refractivity contribution in [3.63, 3.8) is 0 Å². The zero-order valence-corrected chi connectivity index (χ0v) is 16.5. The van der Waals surface area contributed by atoms with E-state index in [0.717, 1.165) is 24.8 Å². The molecular weight excluding hydrogens is 411 g/mol. The van der Waals surface area contributed by atoms with Gasteiger partial charge in [0.15, 0.2) is 0 Å². The molecule has 1 aliphatic rings. The van der Waals surface area contributed by atoms with Gasteiger partial charge in [-0.15, -0.1) is 10.2 Å². The van der Waals surface area contributed by atoms with Crippen LogP contribution >= 0.6 is 0 Å². The van der Waals surface area contributed by atoms with Crippen LogP contribution in [0.25, 0.3) is 11.5 Å². The van der Waals surface area contributed by atoms with Crippen LogP contribution in [0.1, 0.15) is 30.7 Å². The minimum Gasteiger partial charge on any atom is -0.413 e. The second-order valence-electron chi connectivity index (χ2n) is 7.21. The van der Waals surface area contributed by atoms with Gasteiger partial charge in [-0.3, -0.25) is 4.90 Å². The van der Waals surface area contributed by atoms with Gasteiger partial charge in [0, 0.05) is 24.8 Å². The van der Waals surface area contributed by atoms with E-state index in [4.69, 9.17) is 4.42 Å². The molecular formula is C21H20F3N5O2. The Balaban J connectivity index is 1.54. The highest BCUT2D eigenvalue weighted by atomic mass is 19.4. The summed E-state index contributed by atoms with van der Waals surface area (Å²) in [5, 5.41) is 6.50. The first-order valence-corrected chi connectivity index (χ1v) is 9.89. The van der Waals surface area contributed by atoms with Crippen molar-refractivity contribution in [2.24, 2.45) is 0 Å². The van der Waals surface area contributed by atoms with Crippen LogP contribution in [0.2, 0.25) is 0 Å². The molecule has 31 heavy (non-hydrogen) atoms. The lowest BCUT2D eigenvalue weighted by Gasteiger charge is -2.32. The van der Waals surface area contributed by atoms with Crippen molar-refractivity contribution in [3.8, 4) is 11.5 Å². The Kier molecular flexibility index (Phi) is 5.88. The van der Waals surface area contributed by atoms with Crippen molar-refractivity contribution in [2.75, 3.05) is 18.0 Å². The average molecular weight is 431 g/mol. The van der Waals surface area contributed by atoms with Crippen molar-refractivity contribution in [3.05, 3.63) is 60.1 Å². The number of hydrogen-bond donors (Lipinski definition) is 0. The fourth-order valence-corrected chi connectivity index (χ4v) is 3.41. The number of pyridine rings is 1. The molecule has 0 spiro atoms. The number of carbonyl (C=O) groups excluding carboxylic acids is 1. The Morgan fingerprint density at radius 1 is 1.03 bits per heavy atom. The van der Waals surface area contributed by atoms with Gasteiger partial charge in [-0.05, 0) is 49.1 Å². The molecule has 0 bridgehead atoms. The number of nitrogens with zero attached hydrogens (tertiary/aromatic N) is 5. The maximum atomic E-state index is 13.2. The maximum absolute atomic E-state index is 13.2. The smallest absolute Gasteiger partial charge is 0.413 e. The van der Waals surface area contributed by atoms with E-state index in [9.17, 15) is 18.0 Å². The van der Waals surface area contributed by atoms with Crippen LogP contribution in [0.3, 0.4) is 0 Å². The topological polar surface area (TPSA) is 75.4 Å². The Bertz CT molecular complexity index is 1020. The number of anilines is 1. The lowest BCUT2D eigenvalue weighted by atomic mass is 10.1. The number of amides is 2. The van der Waals surface area contributed by atoms with E-state index in [1.54, 1.807) is 47.5 Å². The maximum Gasteiger partial charge on any atom is 0.470 e. The van der Waals surface area contributed by atoms with Crippen molar-refractivity contribution < 1.29 is 22.4 Å². The molecule has 2 amide bonds. The molecule has 1 fully saturated rings. The van der Waals surface area contributed by atoms with Gasteiger partial charge in [0.05, 0.1) is 6.54 Å². The number of urea groups is 1. The fourth-order valence-electron chi connectivity index (χ4n) is 3.41. The molecule has 0 unspecified atom stereocenters. The number of rotatable bonds is 4. The Morgan fingerprint density at radius 2 is 1.77 bits per heavy atom. The van der Waals surface area contributed by atoms with Crippen LogP contribution in [0.4, 0.5) is 23.8 Å². The number of halogens is 3. The van der Waals surface area contributed by atoms with Gasteiger partial charge < -0.3 is 9.32 Å². The summed E-state index contributed by atoms with van der Waals surface area (Å²) in [5.41, 5.74) is 1.15. The number of hydrogen-bond acceptors (Lipinski definition) is 5. The first kappa shape index (κ1) is 20.8. The summed E-state index contributed by atoms with van der Waals surface area (Å²) in [6, 6.07) is 11.9. The molecule has 2 aromatic heterocycles. The highest BCUT2D eigenvalue weighted by Gasteiger charge is 2.38. The van der Waals surface area contributed by atoms with Gasteiger partial charge in [0.1, 0.15) is 5.82 Å². The summed E-state index contributed by atoms with van der Waals surface area (Å²) in [6.07, 6.45) is -0.00630. The lowest BCUT2D eigenvalue weighted by molar-refractivity contribution is -0.156. The van der Waals surface area contributed by atoms with E-state index < -0.39 is 12.1 Å². The molecule has 3 aromatic rings. The third-order valence-electron chi connectivity index (χ3n) is 4.99. The molecule has 10 heteroatoms. The van der Waals surface area contributed by atoms with Gasteiger partial charge in [-0.25, -0.2) is 9.78 Å². The largest absolute Gasteiger partial charge is 0.470 e. The molecule has 4 rings (SSSR count). The van der Waals surface area contributed by atoms with Crippen LogP contribution in [0, 0.1) is 0 Å². The van der Waals surface area contributed by atoms with Crippen molar-refractivity contribution in [2.45, 2.75) is 32.0 Å². The highest BCUT2D eigenvalue weighted by Crippen LogP contribution is 2.30. The molecule has 0 N–H and O–H groups in total. The standard InChI is InChI=1S/C21H20F3N5O2/c22-21(23,24)19-27-26-18(31-19)16-9-7-15(8-10-16)14-29(17-6-2-3-11-25-17)20(30)28-12-4-1-5-13-28/h2-3,6-11H,1,4-5,12-14H2. The summed E-state index contributed by atoms with van der Waals surface area (Å²) in [7, 11) is 0. The molecule has 1 aromatic carbocycles. The van der Waals surface area contributed by atoms with E-state index in [2.05, 4.69) is 15.2 Å². The lowest BCUT2D eigenvalue weighted by Crippen LogP contribution is -2.45. The third kappa shape index (κ3) is 4.84. The number of aromatic nitrogens is 3. The minimum atomic E-state index is -4.69. The Morgan fingerprint density at radius 3 is 2.39 bits per heavy atom. The van der Waals surface area contributed by atoms with E-state index in [0.29, 0.717) is 24.5 Å². The summed E-state index contributed by atoms with van der Waals surface area (Å²) >= 11 is 0. The summed E-state index contributed by atoms with van der Waals surface area (Å²) in [5.74, 6) is -1.07. The van der Waals surface area contributed by atoms with Crippen molar-refractivity contribution in [1.82, 2.24) is 20.1 Å². The molecule has 0 saturated carbocycles. The van der Waals surface area contributed by atoms with Crippen LogP contribution in [-0.2, 0) is 12.7 Å². The minimum absolute atomic E-state index is 0.116. The predicted octanol–water partition coefficient (Wildman–Crippen LogP) is 4.76. The SMILES string of the molecule is O=C(N1CCCCC1)N(Cc1ccc(-c2nnc(C(F)(F)F)o2)cc1)c1ccccn1. The highest BCUT2D eigenvalue weighted by molar-refractivity contribution is 5.91. The summed E-state index contributed by atoms with van der Waals surface area (Å²) in [6.45, 7) is 1.68. The van der Waals surface area contributed by atoms with Gasteiger partial charge in [-0.1, -0.05) is 18.2 Å².